The second kappa shape index (κ2) is 5.89. The van der Waals surface area contributed by atoms with Crippen molar-refractivity contribution in [3.8, 4) is 0 Å². The summed E-state index contributed by atoms with van der Waals surface area (Å²) in [6, 6.07) is 13.3. The lowest BCUT2D eigenvalue weighted by molar-refractivity contribution is 0.630. The lowest BCUT2D eigenvalue weighted by Gasteiger charge is -2.03. The first-order valence-electron chi connectivity index (χ1n) is 5.62. The Morgan fingerprint density at radius 1 is 1.22 bits per heavy atom. The van der Waals surface area contributed by atoms with Crippen LogP contribution < -0.4 is 5.73 Å². The van der Waals surface area contributed by atoms with Gasteiger partial charge in [-0.15, -0.1) is 0 Å². The van der Waals surface area contributed by atoms with Gasteiger partial charge in [-0.25, -0.2) is 4.39 Å². The maximum atomic E-state index is 13.2. The fourth-order valence-electron chi connectivity index (χ4n) is 1.70. The predicted molar refractivity (Wildman–Crippen MR) is 73.5 cm³/mol. The van der Waals surface area contributed by atoms with Crippen LogP contribution in [0.15, 0.2) is 59.3 Å². The second-order valence-corrected chi connectivity index (χ2v) is 5.34. The molecule has 4 heteroatoms. The van der Waals surface area contributed by atoms with Gasteiger partial charge in [-0.3, -0.25) is 4.21 Å². The molecule has 94 valence electrons. The van der Waals surface area contributed by atoms with Gasteiger partial charge in [-0.2, -0.15) is 0 Å². The first-order chi connectivity index (χ1) is 8.70. The topological polar surface area (TPSA) is 43.1 Å². The molecule has 0 bridgehead atoms. The summed E-state index contributed by atoms with van der Waals surface area (Å²) in [4.78, 5) is 0.634. The number of nitrogens with two attached hydrogens (primary N) is 1. The Kier molecular flexibility index (Phi) is 4.23. The average Bonchev–Trinajstić information content (AvgIpc) is 2.38. The minimum Gasteiger partial charge on any atom is -0.327 e. The normalized spacial score (nSPS) is 13.8. The number of hydrogen-bond acceptors (Lipinski definition) is 2. The van der Waals surface area contributed by atoms with Crippen molar-refractivity contribution in [1.29, 1.82) is 0 Å². The molecule has 0 saturated carbocycles. The van der Waals surface area contributed by atoms with Crippen LogP contribution in [0, 0.1) is 0 Å². The molecular weight excluding hydrogens is 249 g/mol. The van der Waals surface area contributed by atoms with Crippen LogP contribution in [-0.2, 0) is 10.8 Å². The van der Waals surface area contributed by atoms with Crippen LogP contribution in [0.25, 0.3) is 10.8 Å². The highest BCUT2D eigenvalue weighted by atomic mass is 32.2. The van der Waals surface area contributed by atoms with Crippen LogP contribution in [0.4, 0.5) is 4.39 Å². The first kappa shape index (κ1) is 12.9. The van der Waals surface area contributed by atoms with E-state index >= 15 is 0 Å². The summed E-state index contributed by atoms with van der Waals surface area (Å²) in [7, 11) is -1.37. The average molecular weight is 263 g/mol. The van der Waals surface area contributed by atoms with E-state index < -0.39 is 16.6 Å². The summed E-state index contributed by atoms with van der Waals surface area (Å²) in [5.74, 6) is -0.542. The SMILES string of the molecule is NC/C=C(\F)CS(=O)c1ccc2ccccc2c1. The van der Waals surface area contributed by atoms with Gasteiger partial charge in [-0.05, 0) is 29.0 Å². The predicted octanol–water partition coefficient (Wildman–Crippen LogP) is 2.76. The Morgan fingerprint density at radius 2 is 1.94 bits per heavy atom. The molecule has 2 nitrogen and oxygen atoms in total. The van der Waals surface area contributed by atoms with Crippen LogP contribution >= 0.6 is 0 Å². The number of benzene rings is 2. The molecule has 0 aliphatic carbocycles. The van der Waals surface area contributed by atoms with Crippen LogP contribution in [-0.4, -0.2) is 16.5 Å². The van der Waals surface area contributed by atoms with Gasteiger partial charge in [0.2, 0.25) is 0 Å². The smallest absolute Gasteiger partial charge is 0.110 e. The number of rotatable bonds is 4. The van der Waals surface area contributed by atoms with Gasteiger partial charge in [0.25, 0.3) is 0 Å². The van der Waals surface area contributed by atoms with Crippen LogP contribution in [0.2, 0.25) is 0 Å². The molecule has 2 rings (SSSR count). The Balaban J connectivity index is 2.25. The fourth-order valence-corrected chi connectivity index (χ4v) is 2.72. The molecule has 0 heterocycles. The van der Waals surface area contributed by atoms with Gasteiger partial charge < -0.3 is 5.73 Å². The summed E-state index contributed by atoms with van der Waals surface area (Å²) in [5.41, 5.74) is 5.20. The molecule has 0 fully saturated rings. The van der Waals surface area contributed by atoms with Gasteiger partial charge in [0.15, 0.2) is 0 Å². The maximum absolute atomic E-state index is 13.2. The number of halogens is 1. The highest BCUT2D eigenvalue weighted by molar-refractivity contribution is 7.85. The fraction of sp³-hybridized carbons (Fsp3) is 0.143. The molecule has 0 radical (unpaired) electrons. The Morgan fingerprint density at radius 3 is 2.67 bits per heavy atom. The Hall–Kier alpha value is -1.52. The lowest BCUT2D eigenvalue weighted by Crippen LogP contribution is -2.01. The quantitative estimate of drug-likeness (QED) is 0.921. The van der Waals surface area contributed by atoms with Gasteiger partial charge in [0.05, 0.1) is 16.6 Å². The third kappa shape index (κ3) is 3.03. The van der Waals surface area contributed by atoms with E-state index in [1.54, 1.807) is 6.07 Å². The van der Waals surface area contributed by atoms with E-state index in [0.717, 1.165) is 10.8 Å². The van der Waals surface area contributed by atoms with Crippen molar-refractivity contribution < 1.29 is 8.60 Å². The molecule has 0 spiro atoms. The molecule has 1 unspecified atom stereocenters. The van der Waals surface area contributed by atoms with Crippen molar-refractivity contribution in [2.75, 3.05) is 12.3 Å². The highest BCUT2D eigenvalue weighted by Gasteiger charge is 2.07. The monoisotopic (exact) mass is 263 g/mol. The molecule has 0 saturated heterocycles. The summed E-state index contributed by atoms with van der Waals surface area (Å²) < 4.78 is 25.2. The lowest BCUT2D eigenvalue weighted by atomic mass is 10.1. The van der Waals surface area contributed by atoms with E-state index in [1.807, 2.05) is 36.4 Å². The highest BCUT2D eigenvalue weighted by Crippen LogP contribution is 2.19. The summed E-state index contributed by atoms with van der Waals surface area (Å²) in [6.45, 7) is 0.126. The molecule has 2 aromatic carbocycles. The largest absolute Gasteiger partial charge is 0.327 e. The third-order valence-electron chi connectivity index (χ3n) is 2.59. The Labute approximate surface area is 108 Å². The third-order valence-corrected chi connectivity index (χ3v) is 3.91. The maximum Gasteiger partial charge on any atom is 0.110 e. The van der Waals surface area contributed by atoms with E-state index in [1.165, 1.54) is 6.08 Å². The van der Waals surface area contributed by atoms with Crippen LogP contribution in [0.3, 0.4) is 0 Å². The number of hydrogen-bond donors (Lipinski definition) is 1. The second-order valence-electron chi connectivity index (χ2n) is 3.89. The summed E-state index contributed by atoms with van der Waals surface area (Å²) in [6.07, 6.45) is 1.25. The van der Waals surface area contributed by atoms with E-state index in [4.69, 9.17) is 5.73 Å². The van der Waals surface area contributed by atoms with Crippen LogP contribution in [0.5, 0.6) is 0 Å². The standard InChI is InChI=1S/C14H14FNOS/c15-13(7-8-16)10-18(17)14-6-5-11-3-1-2-4-12(11)9-14/h1-7,9H,8,10,16H2/b13-7-. The summed E-state index contributed by atoms with van der Waals surface area (Å²) >= 11 is 0. The van der Waals surface area contributed by atoms with E-state index in [2.05, 4.69) is 0 Å². The van der Waals surface area contributed by atoms with Gasteiger partial charge in [-0.1, -0.05) is 30.3 Å². The molecule has 0 aromatic heterocycles. The molecule has 0 aliphatic heterocycles. The molecule has 18 heavy (non-hydrogen) atoms. The van der Waals surface area contributed by atoms with Crippen molar-refractivity contribution in [2.24, 2.45) is 5.73 Å². The van der Waals surface area contributed by atoms with Crippen molar-refractivity contribution >= 4 is 21.6 Å². The zero-order valence-electron chi connectivity index (χ0n) is 9.80. The molecule has 2 aromatic rings. The first-order valence-corrected chi connectivity index (χ1v) is 6.94. The van der Waals surface area contributed by atoms with E-state index in [9.17, 15) is 8.60 Å². The van der Waals surface area contributed by atoms with Crippen molar-refractivity contribution in [3.63, 3.8) is 0 Å². The van der Waals surface area contributed by atoms with Crippen molar-refractivity contribution in [2.45, 2.75) is 4.90 Å². The zero-order valence-corrected chi connectivity index (χ0v) is 10.6. The molecule has 0 amide bonds. The van der Waals surface area contributed by atoms with Gasteiger partial charge >= 0.3 is 0 Å². The van der Waals surface area contributed by atoms with Gasteiger partial charge in [0.1, 0.15) is 5.83 Å². The Bertz CT molecular complexity index is 610. The minimum atomic E-state index is -1.37. The molecule has 0 aliphatic rings. The van der Waals surface area contributed by atoms with Crippen molar-refractivity contribution in [3.05, 3.63) is 54.4 Å². The minimum absolute atomic E-state index is 0.116. The molecule has 2 N–H and O–H groups in total. The van der Waals surface area contributed by atoms with Gasteiger partial charge in [0, 0.05) is 11.4 Å². The van der Waals surface area contributed by atoms with Crippen LogP contribution in [0.1, 0.15) is 0 Å². The van der Waals surface area contributed by atoms with E-state index in [0.29, 0.717) is 4.90 Å². The number of fused-ring (bicyclic) bond motifs is 1. The van der Waals surface area contributed by atoms with Crippen molar-refractivity contribution in [1.82, 2.24) is 0 Å². The summed E-state index contributed by atoms with van der Waals surface area (Å²) in [5, 5.41) is 2.09. The molecular formula is C14H14FNOS. The zero-order chi connectivity index (χ0) is 13.0. The van der Waals surface area contributed by atoms with E-state index in [-0.39, 0.29) is 12.3 Å². The molecule has 1 atom stereocenters.